The van der Waals surface area contributed by atoms with E-state index in [4.69, 9.17) is 4.42 Å². The second-order valence-corrected chi connectivity index (χ2v) is 5.38. The molecule has 1 N–H and O–H groups in total. The van der Waals surface area contributed by atoms with Crippen molar-refractivity contribution in [3.63, 3.8) is 0 Å². The monoisotopic (exact) mass is 275 g/mol. The molecule has 5 heteroatoms. The Labute approximate surface area is 111 Å². The fourth-order valence-electron chi connectivity index (χ4n) is 2.81. The van der Waals surface area contributed by atoms with Gasteiger partial charge in [0.1, 0.15) is 11.5 Å². The Morgan fingerprint density at radius 2 is 1.95 bits per heavy atom. The van der Waals surface area contributed by atoms with E-state index in [9.17, 15) is 13.2 Å². The molecule has 19 heavy (non-hydrogen) atoms. The van der Waals surface area contributed by atoms with Crippen molar-refractivity contribution in [3.05, 3.63) is 23.7 Å². The van der Waals surface area contributed by atoms with Gasteiger partial charge in [0.05, 0.1) is 12.0 Å². The Bertz CT molecular complexity index is 413. The minimum Gasteiger partial charge on any atom is -0.465 e. The van der Waals surface area contributed by atoms with Crippen molar-refractivity contribution in [3.8, 4) is 0 Å². The minimum atomic E-state index is -4.11. The molecule has 0 aliphatic heterocycles. The molecule has 0 aromatic carbocycles. The van der Waals surface area contributed by atoms with Crippen LogP contribution in [-0.4, -0.2) is 12.2 Å². The van der Waals surface area contributed by atoms with Crippen LogP contribution in [0.5, 0.6) is 0 Å². The minimum absolute atomic E-state index is 0.193. The van der Waals surface area contributed by atoms with Crippen molar-refractivity contribution >= 4 is 0 Å². The van der Waals surface area contributed by atoms with Crippen LogP contribution < -0.4 is 5.32 Å². The van der Waals surface area contributed by atoms with Crippen LogP contribution >= 0.6 is 0 Å². The van der Waals surface area contributed by atoms with Crippen LogP contribution in [0.1, 0.15) is 50.2 Å². The van der Waals surface area contributed by atoms with Crippen molar-refractivity contribution in [2.24, 2.45) is 5.92 Å². The highest BCUT2D eigenvalue weighted by Gasteiger charge is 2.45. The standard InChI is InChI=1S/C14H20F3NO/c1-9-7-8-13(19-9)10(2)18-12-6-4-3-5-11(12)14(15,16)17/h7-8,10-12,18H,3-6H2,1-2H3. The molecule has 0 bridgehead atoms. The summed E-state index contributed by atoms with van der Waals surface area (Å²) in [6.07, 6.45) is -1.79. The second-order valence-electron chi connectivity index (χ2n) is 5.38. The molecular weight excluding hydrogens is 255 g/mol. The summed E-state index contributed by atoms with van der Waals surface area (Å²) in [6, 6.07) is 2.95. The zero-order valence-electron chi connectivity index (χ0n) is 11.3. The molecule has 1 fully saturated rings. The Balaban J connectivity index is 2.03. The Hall–Kier alpha value is -0.970. The number of furan rings is 1. The van der Waals surface area contributed by atoms with Crippen LogP contribution in [-0.2, 0) is 0 Å². The Kier molecular flexibility index (Phi) is 4.23. The van der Waals surface area contributed by atoms with E-state index in [1.54, 1.807) is 0 Å². The van der Waals surface area contributed by atoms with E-state index < -0.39 is 18.1 Å². The molecule has 0 saturated heterocycles. The van der Waals surface area contributed by atoms with Gasteiger partial charge in [0.2, 0.25) is 0 Å². The first-order valence-corrected chi connectivity index (χ1v) is 6.77. The number of hydrogen-bond donors (Lipinski definition) is 1. The van der Waals surface area contributed by atoms with Gasteiger partial charge in [-0.25, -0.2) is 0 Å². The molecule has 2 rings (SSSR count). The Morgan fingerprint density at radius 1 is 1.26 bits per heavy atom. The summed E-state index contributed by atoms with van der Waals surface area (Å²) < 4.78 is 44.4. The number of alkyl halides is 3. The van der Waals surface area contributed by atoms with Crippen molar-refractivity contribution < 1.29 is 17.6 Å². The SMILES string of the molecule is Cc1ccc(C(C)NC2CCCCC2C(F)(F)F)o1. The maximum Gasteiger partial charge on any atom is 0.393 e. The Morgan fingerprint density at radius 3 is 2.53 bits per heavy atom. The molecule has 0 spiro atoms. The van der Waals surface area contributed by atoms with Crippen molar-refractivity contribution in [1.29, 1.82) is 0 Å². The smallest absolute Gasteiger partial charge is 0.393 e. The van der Waals surface area contributed by atoms with Gasteiger partial charge >= 0.3 is 6.18 Å². The summed E-state index contributed by atoms with van der Waals surface area (Å²) in [5, 5.41) is 3.09. The molecule has 3 unspecified atom stereocenters. The lowest BCUT2D eigenvalue weighted by atomic mass is 9.83. The van der Waals surface area contributed by atoms with Crippen LogP contribution in [0.25, 0.3) is 0 Å². The molecule has 1 aliphatic rings. The molecule has 0 amide bonds. The largest absolute Gasteiger partial charge is 0.465 e. The molecular formula is C14H20F3NO. The first-order chi connectivity index (χ1) is 8.88. The average Bonchev–Trinajstić information content (AvgIpc) is 2.75. The fourth-order valence-corrected chi connectivity index (χ4v) is 2.81. The number of halogens is 3. The van der Waals surface area contributed by atoms with E-state index in [2.05, 4.69) is 5.32 Å². The zero-order valence-corrected chi connectivity index (χ0v) is 11.3. The van der Waals surface area contributed by atoms with Gasteiger partial charge in [-0.1, -0.05) is 12.8 Å². The zero-order chi connectivity index (χ0) is 14.0. The van der Waals surface area contributed by atoms with E-state index in [0.29, 0.717) is 18.6 Å². The predicted octanol–water partition coefficient (Wildman–Crippen LogP) is 4.36. The third kappa shape index (κ3) is 3.53. The first kappa shape index (κ1) is 14.4. The van der Waals surface area contributed by atoms with Gasteiger partial charge in [0.25, 0.3) is 0 Å². The van der Waals surface area contributed by atoms with Crippen LogP contribution in [0.2, 0.25) is 0 Å². The van der Waals surface area contributed by atoms with Crippen molar-refractivity contribution in [2.45, 2.75) is 57.8 Å². The summed E-state index contributed by atoms with van der Waals surface area (Å²) in [4.78, 5) is 0. The van der Waals surface area contributed by atoms with Crippen LogP contribution in [0.15, 0.2) is 16.5 Å². The lowest BCUT2D eigenvalue weighted by molar-refractivity contribution is -0.189. The van der Waals surface area contributed by atoms with Crippen LogP contribution in [0.4, 0.5) is 13.2 Å². The highest BCUT2D eigenvalue weighted by molar-refractivity contribution is 5.09. The fraction of sp³-hybridized carbons (Fsp3) is 0.714. The van der Waals surface area contributed by atoms with Gasteiger partial charge in [0, 0.05) is 6.04 Å². The maximum absolute atomic E-state index is 13.0. The molecule has 1 heterocycles. The highest BCUT2D eigenvalue weighted by atomic mass is 19.4. The summed E-state index contributed by atoms with van der Waals surface area (Å²) >= 11 is 0. The molecule has 108 valence electrons. The lowest BCUT2D eigenvalue weighted by Gasteiger charge is -2.35. The molecule has 0 radical (unpaired) electrons. The lowest BCUT2D eigenvalue weighted by Crippen LogP contribution is -2.46. The third-order valence-corrected chi connectivity index (χ3v) is 3.84. The highest BCUT2D eigenvalue weighted by Crippen LogP contribution is 2.38. The van der Waals surface area contributed by atoms with Crippen molar-refractivity contribution in [1.82, 2.24) is 5.32 Å². The second kappa shape index (κ2) is 5.57. The quantitative estimate of drug-likeness (QED) is 0.886. The maximum atomic E-state index is 13.0. The van der Waals surface area contributed by atoms with E-state index >= 15 is 0 Å². The van der Waals surface area contributed by atoms with Crippen molar-refractivity contribution in [2.75, 3.05) is 0 Å². The molecule has 1 aromatic heterocycles. The number of rotatable bonds is 3. The summed E-state index contributed by atoms with van der Waals surface area (Å²) in [6.45, 7) is 3.68. The van der Waals surface area contributed by atoms with Crippen LogP contribution in [0.3, 0.4) is 0 Å². The summed E-state index contributed by atoms with van der Waals surface area (Å²) in [7, 11) is 0. The van der Waals surface area contributed by atoms with E-state index in [0.717, 1.165) is 12.2 Å². The van der Waals surface area contributed by atoms with Gasteiger partial charge in [-0.2, -0.15) is 13.2 Å². The molecule has 3 atom stereocenters. The number of nitrogens with one attached hydrogen (secondary N) is 1. The van der Waals surface area contributed by atoms with Gasteiger partial charge in [0.15, 0.2) is 0 Å². The number of aryl methyl sites for hydroxylation is 1. The molecule has 1 saturated carbocycles. The molecule has 1 aromatic rings. The average molecular weight is 275 g/mol. The number of hydrogen-bond acceptors (Lipinski definition) is 2. The topological polar surface area (TPSA) is 25.2 Å². The summed E-state index contributed by atoms with van der Waals surface area (Å²) in [5.41, 5.74) is 0. The predicted molar refractivity (Wildman–Crippen MR) is 66.8 cm³/mol. The first-order valence-electron chi connectivity index (χ1n) is 6.77. The third-order valence-electron chi connectivity index (χ3n) is 3.84. The normalized spacial score (nSPS) is 26.4. The summed E-state index contributed by atoms with van der Waals surface area (Å²) in [5.74, 6) is 0.239. The van der Waals surface area contributed by atoms with Crippen LogP contribution in [0, 0.1) is 12.8 Å². The molecule has 1 aliphatic carbocycles. The van der Waals surface area contributed by atoms with Gasteiger partial charge in [-0.3, -0.25) is 0 Å². The van der Waals surface area contributed by atoms with E-state index in [1.165, 1.54) is 0 Å². The van der Waals surface area contributed by atoms with Gasteiger partial charge < -0.3 is 9.73 Å². The molecule has 2 nitrogen and oxygen atoms in total. The van der Waals surface area contributed by atoms with Gasteiger partial charge in [-0.05, 0) is 38.8 Å². The van der Waals surface area contributed by atoms with Gasteiger partial charge in [-0.15, -0.1) is 0 Å². The van der Waals surface area contributed by atoms with E-state index in [-0.39, 0.29) is 12.5 Å². The van der Waals surface area contributed by atoms with E-state index in [1.807, 2.05) is 26.0 Å².